The van der Waals surface area contributed by atoms with Gasteiger partial charge in [-0.05, 0) is 68.8 Å². The van der Waals surface area contributed by atoms with Gasteiger partial charge < -0.3 is 4.74 Å². The van der Waals surface area contributed by atoms with Crippen LogP contribution in [0.15, 0.2) is 97.1 Å². The zero-order chi connectivity index (χ0) is 23.9. The van der Waals surface area contributed by atoms with E-state index in [0.29, 0.717) is 11.1 Å². The maximum absolute atomic E-state index is 13.5. The number of methoxy groups -OCH3 is 1. The molecule has 0 amide bonds. The van der Waals surface area contributed by atoms with Crippen LogP contribution in [0.1, 0.15) is 38.2 Å². The Hall–Kier alpha value is -4.12. The fraction of sp³-hybridized carbons (Fsp3) is 0.0690. The summed E-state index contributed by atoms with van der Waals surface area (Å²) < 4.78 is 45.3. The number of carbonyl (C=O) groups is 1. The van der Waals surface area contributed by atoms with E-state index in [-0.39, 0.29) is 0 Å². The minimum atomic E-state index is -4.43. The predicted molar refractivity (Wildman–Crippen MR) is 126 cm³/mol. The molecule has 0 radical (unpaired) electrons. The van der Waals surface area contributed by atoms with Crippen LogP contribution in [-0.4, -0.2) is 13.1 Å². The van der Waals surface area contributed by atoms with E-state index in [2.05, 4.69) is 0 Å². The molecule has 0 aromatic heterocycles. The van der Waals surface area contributed by atoms with Crippen LogP contribution in [0.5, 0.6) is 0 Å². The van der Waals surface area contributed by atoms with Crippen LogP contribution in [0, 0.1) is 0 Å². The van der Waals surface area contributed by atoms with E-state index in [9.17, 15) is 18.0 Å². The summed E-state index contributed by atoms with van der Waals surface area (Å²) >= 11 is 0. The Bertz CT molecular complexity index is 1420. The first-order chi connectivity index (χ1) is 16.4. The van der Waals surface area contributed by atoms with Crippen molar-refractivity contribution < 1.29 is 22.7 Å². The van der Waals surface area contributed by atoms with Crippen LogP contribution in [0.4, 0.5) is 13.2 Å². The molecule has 5 rings (SSSR count). The summed E-state index contributed by atoms with van der Waals surface area (Å²) in [5.41, 5.74) is 6.18. The molecular weight excluding hydrogens is 437 g/mol. The van der Waals surface area contributed by atoms with Crippen molar-refractivity contribution in [3.05, 3.63) is 130 Å². The van der Waals surface area contributed by atoms with Gasteiger partial charge in [0.15, 0.2) is 0 Å². The molecule has 168 valence electrons. The quantitative estimate of drug-likeness (QED) is 0.263. The lowest BCUT2D eigenvalue weighted by atomic mass is 9.88. The smallest absolute Gasteiger partial charge is 0.416 e. The zero-order valence-electron chi connectivity index (χ0n) is 18.2. The number of alkyl halides is 3. The second-order valence-electron chi connectivity index (χ2n) is 7.99. The Labute approximate surface area is 195 Å². The molecule has 2 nitrogen and oxygen atoms in total. The van der Waals surface area contributed by atoms with E-state index >= 15 is 0 Å². The summed E-state index contributed by atoms with van der Waals surface area (Å²) in [6.45, 7) is 0. The number of ether oxygens (including phenoxy) is 1. The van der Waals surface area contributed by atoms with Gasteiger partial charge in [0.25, 0.3) is 0 Å². The van der Waals surface area contributed by atoms with Crippen molar-refractivity contribution in [2.24, 2.45) is 0 Å². The van der Waals surface area contributed by atoms with Crippen molar-refractivity contribution in [2.75, 3.05) is 7.11 Å². The van der Waals surface area contributed by atoms with Crippen molar-refractivity contribution in [1.82, 2.24) is 0 Å². The van der Waals surface area contributed by atoms with Gasteiger partial charge in [-0.3, -0.25) is 0 Å². The summed E-state index contributed by atoms with van der Waals surface area (Å²) in [6.07, 6.45) is -4.43. The second kappa shape index (κ2) is 8.34. The minimum absolute atomic E-state index is 0.422. The molecule has 0 spiro atoms. The molecule has 1 aliphatic carbocycles. The Kier molecular flexibility index (Phi) is 5.33. The van der Waals surface area contributed by atoms with Gasteiger partial charge in [0.05, 0.1) is 18.2 Å². The number of carbonyl (C=O) groups excluding carboxylic acids is 1. The normalized spacial score (nSPS) is 13.8. The van der Waals surface area contributed by atoms with E-state index in [1.165, 1.54) is 13.2 Å². The van der Waals surface area contributed by atoms with Gasteiger partial charge in [-0.25, -0.2) is 4.79 Å². The van der Waals surface area contributed by atoms with Gasteiger partial charge >= 0.3 is 12.1 Å². The molecule has 1 aliphatic rings. The molecule has 4 aromatic carbocycles. The highest BCUT2D eigenvalue weighted by Gasteiger charge is 2.34. The average Bonchev–Trinajstić information content (AvgIpc) is 3.18. The molecule has 4 aromatic rings. The van der Waals surface area contributed by atoms with Crippen LogP contribution in [0.2, 0.25) is 0 Å². The summed E-state index contributed by atoms with van der Waals surface area (Å²) in [7, 11) is 1.33. The number of hydrogen-bond donors (Lipinski definition) is 0. The number of halogens is 3. The van der Waals surface area contributed by atoms with Crippen LogP contribution in [0.3, 0.4) is 0 Å². The van der Waals surface area contributed by atoms with Crippen molar-refractivity contribution >= 4 is 17.1 Å². The highest BCUT2D eigenvalue weighted by atomic mass is 19.4. The number of hydrogen-bond acceptors (Lipinski definition) is 2. The van der Waals surface area contributed by atoms with E-state index in [0.717, 1.165) is 45.0 Å². The molecule has 0 fully saturated rings. The topological polar surface area (TPSA) is 26.3 Å². The molecule has 0 bridgehead atoms. The van der Waals surface area contributed by atoms with Crippen molar-refractivity contribution in [3.8, 4) is 11.1 Å². The van der Waals surface area contributed by atoms with Gasteiger partial charge in [-0.1, -0.05) is 72.8 Å². The molecule has 0 atom stereocenters. The second-order valence-corrected chi connectivity index (χ2v) is 7.99. The van der Waals surface area contributed by atoms with Gasteiger partial charge in [-0.15, -0.1) is 0 Å². The molecule has 5 heteroatoms. The Morgan fingerprint density at radius 3 is 1.85 bits per heavy atom. The molecule has 0 heterocycles. The summed E-state index contributed by atoms with van der Waals surface area (Å²) in [4.78, 5) is 11.9. The highest BCUT2D eigenvalue weighted by molar-refractivity contribution is 6.13. The number of rotatable bonds is 3. The largest absolute Gasteiger partial charge is 0.465 e. The maximum atomic E-state index is 13.5. The van der Waals surface area contributed by atoms with Crippen LogP contribution in [-0.2, 0) is 10.9 Å². The van der Waals surface area contributed by atoms with Crippen molar-refractivity contribution in [1.29, 1.82) is 0 Å². The molecule has 0 unspecified atom stereocenters. The average molecular weight is 456 g/mol. The molecule has 0 saturated heterocycles. The Morgan fingerprint density at radius 1 is 0.647 bits per heavy atom. The lowest BCUT2D eigenvalue weighted by Gasteiger charge is -2.16. The van der Waals surface area contributed by atoms with Gasteiger partial charge in [0.2, 0.25) is 0 Å². The number of esters is 1. The fourth-order valence-electron chi connectivity index (χ4n) is 4.46. The minimum Gasteiger partial charge on any atom is -0.465 e. The molecular formula is C29H19F3O2. The lowest BCUT2D eigenvalue weighted by Crippen LogP contribution is -2.05. The SMILES string of the molecule is COC(=O)c1ccc(/C(=C2\c3ccccc3-c3cc(C(F)(F)F)ccc32)c2ccccc2)cc1. The third kappa shape index (κ3) is 3.69. The van der Waals surface area contributed by atoms with Crippen molar-refractivity contribution in [2.45, 2.75) is 6.18 Å². The van der Waals surface area contributed by atoms with Crippen LogP contribution in [0.25, 0.3) is 22.3 Å². The predicted octanol–water partition coefficient (Wildman–Crippen LogP) is 7.48. The first-order valence-corrected chi connectivity index (χ1v) is 10.7. The fourth-order valence-corrected chi connectivity index (χ4v) is 4.46. The Balaban J connectivity index is 1.82. The standard InChI is InChI=1S/C29H19F3O2/c1-34-28(33)20-13-11-19(12-14-20)26(18-7-3-2-4-8-18)27-23-10-6-5-9-22(23)25-17-21(29(30,31)32)15-16-24(25)27/h2-17H,1H3/b27-26+. The molecule has 0 saturated carbocycles. The van der Waals surface area contributed by atoms with E-state index in [1.54, 1.807) is 18.2 Å². The maximum Gasteiger partial charge on any atom is 0.416 e. The first-order valence-electron chi connectivity index (χ1n) is 10.7. The van der Waals surface area contributed by atoms with Gasteiger partial charge in [0.1, 0.15) is 0 Å². The van der Waals surface area contributed by atoms with Gasteiger partial charge in [0, 0.05) is 0 Å². The molecule has 0 aliphatic heterocycles. The van der Waals surface area contributed by atoms with E-state index < -0.39 is 17.7 Å². The molecule has 34 heavy (non-hydrogen) atoms. The summed E-state index contributed by atoms with van der Waals surface area (Å²) in [6, 6.07) is 28.2. The molecule has 0 N–H and O–H groups in total. The Morgan fingerprint density at radius 2 is 1.21 bits per heavy atom. The first kappa shape index (κ1) is 21.7. The monoisotopic (exact) mass is 456 g/mol. The number of fused-ring (bicyclic) bond motifs is 3. The van der Waals surface area contributed by atoms with Crippen LogP contribution < -0.4 is 0 Å². The van der Waals surface area contributed by atoms with Crippen LogP contribution >= 0.6 is 0 Å². The zero-order valence-corrected chi connectivity index (χ0v) is 18.2. The third-order valence-electron chi connectivity index (χ3n) is 6.01. The highest BCUT2D eigenvalue weighted by Crippen LogP contribution is 2.50. The lowest BCUT2D eigenvalue weighted by molar-refractivity contribution is -0.137. The summed E-state index contributed by atoms with van der Waals surface area (Å²) in [5, 5.41) is 0. The number of benzene rings is 4. The van der Waals surface area contributed by atoms with Crippen molar-refractivity contribution in [3.63, 3.8) is 0 Å². The van der Waals surface area contributed by atoms with E-state index in [4.69, 9.17) is 4.74 Å². The summed E-state index contributed by atoms with van der Waals surface area (Å²) in [5.74, 6) is -0.434. The third-order valence-corrected chi connectivity index (χ3v) is 6.01. The van der Waals surface area contributed by atoms with Gasteiger partial charge in [-0.2, -0.15) is 13.2 Å². The van der Waals surface area contributed by atoms with E-state index in [1.807, 2.05) is 66.7 Å².